The van der Waals surface area contributed by atoms with E-state index in [-0.39, 0.29) is 42.4 Å². The maximum atomic E-state index is 13.6. The molecular formula is C25H33N3O5. The molecule has 0 spiro atoms. The van der Waals surface area contributed by atoms with Crippen LogP contribution >= 0.6 is 0 Å². The number of carbonyl (C=O) groups is 2. The Labute approximate surface area is 195 Å². The van der Waals surface area contributed by atoms with Crippen molar-refractivity contribution in [1.29, 1.82) is 0 Å². The molecule has 1 aliphatic heterocycles. The van der Waals surface area contributed by atoms with Gasteiger partial charge in [-0.05, 0) is 19.1 Å². The summed E-state index contributed by atoms with van der Waals surface area (Å²) in [6, 6.07) is 8.90. The minimum atomic E-state index is -0.378. The molecule has 8 nitrogen and oxygen atoms in total. The highest BCUT2D eigenvalue weighted by molar-refractivity contribution is 5.98. The summed E-state index contributed by atoms with van der Waals surface area (Å²) in [4.78, 5) is 33.5. The number of aliphatic hydroxyl groups is 1. The van der Waals surface area contributed by atoms with E-state index in [2.05, 4.69) is 4.98 Å². The number of likely N-dealkylation sites (N-methyl/N-ethyl adjacent to an activating group) is 1. The normalized spacial score (nSPS) is 19.1. The molecule has 1 aromatic carbocycles. The number of amides is 2. The lowest BCUT2D eigenvalue weighted by Crippen LogP contribution is -2.50. The van der Waals surface area contributed by atoms with Gasteiger partial charge in [0.15, 0.2) is 0 Å². The Bertz CT molecular complexity index is 996. The fraction of sp³-hybridized carbons (Fsp3) is 0.480. The smallest absolute Gasteiger partial charge is 0.259 e. The van der Waals surface area contributed by atoms with Gasteiger partial charge in [0, 0.05) is 43.3 Å². The van der Waals surface area contributed by atoms with Crippen LogP contribution in [0, 0.1) is 5.92 Å². The summed E-state index contributed by atoms with van der Waals surface area (Å²) in [5.74, 6) is 0.579. The number of fused-ring (bicyclic) bond motifs is 1. The van der Waals surface area contributed by atoms with Crippen LogP contribution in [0.25, 0.3) is 11.1 Å². The topological polar surface area (TPSA) is 92.2 Å². The first-order chi connectivity index (χ1) is 15.8. The third-order valence-electron chi connectivity index (χ3n) is 6.12. The molecule has 0 radical (unpaired) electrons. The third kappa shape index (κ3) is 5.27. The van der Waals surface area contributed by atoms with Crippen LogP contribution in [0.1, 0.15) is 37.6 Å². The van der Waals surface area contributed by atoms with Crippen molar-refractivity contribution in [2.45, 2.75) is 39.3 Å². The molecule has 2 heterocycles. The summed E-state index contributed by atoms with van der Waals surface area (Å²) in [6.45, 7) is 6.21. The molecule has 0 bridgehead atoms. The summed E-state index contributed by atoms with van der Waals surface area (Å²) in [6.07, 6.45) is 1.70. The largest absolute Gasteiger partial charge is 0.496 e. The number of pyridine rings is 1. The zero-order valence-corrected chi connectivity index (χ0v) is 19.9. The number of hydrogen-bond donors (Lipinski definition) is 1. The van der Waals surface area contributed by atoms with Crippen molar-refractivity contribution in [3.8, 4) is 22.8 Å². The number of para-hydroxylation sites is 1. The Morgan fingerprint density at radius 1 is 1.36 bits per heavy atom. The van der Waals surface area contributed by atoms with E-state index in [9.17, 15) is 14.7 Å². The van der Waals surface area contributed by atoms with Crippen LogP contribution in [0.3, 0.4) is 0 Å². The van der Waals surface area contributed by atoms with Crippen molar-refractivity contribution < 1.29 is 24.2 Å². The molecule has 0 aliphatic carbocycles. The van der Waals surface area contributed by atoms with E-state index in [0.29, 0.717) is 30.8 Å². The van der Waals surface area contributed by atoms with Crippen molar-refractivity contribution in [3.05, 3.63) is 42.1 Å². The van der Waals surface area contributed by atoms with Crippen molar-refractivity contribution in [3.63, 3.8) is 0 Å². The molecule has 2 aromatic rings. The van der Waals surface area contributed by atoms with Crippen molar-refractivity contribution in [1.82, 2.24) is 14.8 Å². The van der Waals surface area contributed by atoms with Gasteiger partial charge in [-0.1, -0.05) is 32.0 Å². The molecule has 8 heteroatoms. The van der Waals surface area contributed by atoms with Gasteiger partial charge in [-0.3, -0.25) is 9.59 Å². The van der Waals surface area contributed by atoms with Crippen LogP contribution < -0.4 is 9.47 Å². The van der Waals surface area contributed by atoms with E-state index >= 15 is 0 Å². The molecule has 0 saturated heterocycles. The number of rotatable bonds is 7. The molecule has 1 aromatic heterocycles. The lowest BCUT2D eigenvalue weighted by molar-refractivity contribution is -0.131. The molecule has 33 heavy (non-hydrogen) atoms. The van der Waals surface area contributed by atoms with Crippen LogP contribution in [0.5, 0.6) is 11.6 Å². The van der Waals surface area contributed by atoms with Crippen LogP contribution in [-0.2, 0) is 4.79 Å². The number of methoxy groups -OCH3 is 1. The molecule has 178 valence electrons. The zero-order valence-electron chi connectivity index (χ0n) is 19.9. The van der Waals surface area contributed by atoms with Crippen molar-refractivity contribution in [2.24, 2.45) is 5.92 Å². The van der Waals surface area contributed by atoms with E-state index in [1.165, 1.54) is 0 Å². The van der Waals surface area contributed by atoms with Crippen molar-refractivity contribution in [2.75, 3.05) is 33.9 Å². The number of aromatic nitrogens is 1. The minimum Gasteiger partial charge on any atom is -0.496 e. The maximum Gasteiger partial charge on any atom is 0.259 e. The molecule has 2 amide bonds. The quantitative estimate of drug-likeness (QED) is 0.690. The molecule has 0 unspecified atom stereocenters. The Hall–Kier alpha value is -3.13. The van der Waals surface area contributed by atoms with Gasteiger partial charge < -0.3 is 24.4 Å². The predicted octanol–water partition coefficient (Wildman–Crippen LogP) is 2.85. The SMILES string of the molecule is CCC(=O)N(C)C[C@H]1Oc2ncc(-c3ccccc3OC)cc2C(=O)N([C@@H](C)CO)C[C@@H]1C. The Morgan fingerprint density at radius 2 is 2.09 bits per heavy atom. The van der Waals surface area contributed by atoms with Gasteiger partial charge in [-0.15, -0.1) is 0 Å². The average Bonchev–Trinajstić information content (AvgIpc) is 2.84. The number of aliphatic hydroxyl groups excluding tert-OH is 1. The lowest BCUT2D eigenvalue weighted by atomic mass is 9.99. The van der Waals surface area contributed by atoms with Gasteiger partial charge >= 0.3 is 0 Å². The fourth-order valence-electron chi connectivity index (χ4n) is 3.99. The summed E-state index contributed by atoms with van der Waals surface area (Å²) in [5.41, 5.74) is 1.85. The summed E-state index contributed by atoms with van der Waals surface area (Å²) in [7, 11) is 3.35. The van der Waals surface area contributed by atoms with Crippen LogP contribution in [0.2, 0.25) is 0 Å². The zero-order chi connectivity index (χ0) is 24.1. The van der Waals surface area contributed by atoms with E-state index in [1.807, 2.05) is 45.0 Å². The number of nitrogens with zero attached hydrogens (tertiary/aromatic N) is 3. The van der Waals surface area contributed by atoms with Crippen molar-refractivity contribution >= 4 is 11.8 Å². The molecule has 3 rings (SSSR count). The predicted molar refractivity (Wildman–Crippen MR) is 125 cm³/mol. The van der Waals surface area contributed by atoms with Gasteiger partial charge in [0.05, 0.1) is 26.3 Å². The van der Waals surface area contributed by atoms with Gasteiger partial charge in [-0.25, -0.2) is 4.98 Å². The third-order valence-corrected chi connectivity index (χ3v) is 6.12. The molecule has 3 atom stereocenters. The second-order valence-corrected chi connectivity index (χ2v) is 8.53. The first-order valence-corrected chi connectivity index (χ1v) is 11.3. The second-order valence-electron chi connectivity index (χ2n) is 8.53. The Balaban J connectivity index is 2.07. The molecule has 1 aliphatic rings. The van der Waals surface area contributed by atoms with Crippen LogP contribution in [0.15, 0.2) is 36.5 Å². The van der Waals surface area contributed by atoms with Crippen LogP contribution in [-0.4, -0.2) is 77.7 Å². The molecule has 0 fully saturated rings. The Morgan fingerprint density at radius 3 is 2.76 bits per heavy atom. The van der Waals surface area contributed by atoms with Gasteiger partial charge in [0.1, 0.15) is 17.4 Å². The average molecular weight is 456 g/mol. The Kier molecular flexibility index (Phi) is 7.92. The van der Waals surface area contributed by atoms with E-state index < -0.39 is 0 Å². The summed E-state index contributed by atoms with van der Waals surface area (Å²) >= 11 is 0. The number of hydrogen-bond acceptors (Lipinski definition) is 6. The summed E-state index contributed by atoms with van der Waals surface area (Å²) < 4.78 is 11.7. The monoisotopic (exact) mass is 455 g/mol. The summed E-state index contributed by atoms with van der Waals surface area (Å²) in [5, 5.41) is 9.81. The van der Waals surface area contributed by atoms with Gasteiger partial charge in [0.25, 0.3) is 5.91 Å². The van der Waals surface area contributed by atoms with E-state index in [0.717, 1.165) is 11.1 Å². The standard InChI is InChI=1S/C25H33N3O5/c1-6-23(30)27(4)14-22-16(2)13-28(17(3)15-29)25(31)20-11-18(12-26-24(20)33-22)19-9-7-8-10-21(19)32-5/h7-12,16-17,22,29H,6,13-15H2,1-5H3/t16-,17-,22+/m0/s1. The number of benzene rings is 1. The first-order valence-electron chi connectivity index (χ1n) is 11.3. The molecule has 0 saturated carbocycles. The lowest BCUT2D eigenvalue weighted by Gasteiger charge is -2.37. The highest BCUT2D eigenvalue weighted by atomic mass is 16.5. The number of carbonyl (C=O) groups excluding carboxylic acids is 2. The second kappa shape index (κ2) is 10.7. The minimum absolute atomic E-state index is 0.0178. The fourth-order valence-corrected chi connectivity index (χ4v) is 3.99. The first kappa shape index (κ1) is 24.5. The molecule has 1 N–H and O–H groups in total. The van der Waals surface area contributed by atoms with E-state index in [1.54, 1.807) is 36.2 Å². The maximum absolute atomic E-state index is 13.6. The number of ether oxygens (including phenoxy) is 2. The van der Waals surface area contributed by atoms with Crippen LogP contribution in [0.4, 0.5) is 0 Å². The van der Waals surface area contributed by atoms with Gasteiger partial charge in [-0.2, -0.15) is 0 Å². The van der Waals surface area contributed by atoms with E-state index in [4.69, 9.17) is 9.47 Å². The molecular weight excluding hydrogens is 422 g/mol. The highest BCUT2D eigenvalue weighted by Crippen LogP contribution is 2.34. The van der Waals surface area contributed by atoms with Gasteiger partial charge in [0.2, 0.25) is 11.8 Å². The highest BCUT2D eigenvalue weighted by Gasteiger charge is 2.34.